The summed E-state index contributed by atoms with van der Waals surface area (Å²) in [6.45, 7) is 7.69. The van der Waals surface area contributed by atoms with Crippen LogP contribution in [0.2, 0.25) is 0 Å². The third-order valence-corrected chi connectivity index (χ3v) is 6.99. The maximum absolute atomic E-state index is 12.6. The molecule has 0 saturated carbocycles. The van der Waals surface area contributed by atoms with Crippen LogP contribution in [0.25, 0.3) is 0 Å². The number of ketones is 4. The van der Waals surface area contributed by atoms with Gasteiger partial charge in [-0.1, -0.05) is 72.3 Å². The largest absolute Gasteiger partial charge is 0.289 e. The van der Waals surface area contributed by atoms with Gasteiger partial charge in [-0.3, -0.25) is 19.2 Å². The number of rotatable bonds is 0. The smallest absolute Gasteiger partial charge is 0.194 e. The van der Waals surface area contributed by atoms with Gasteiger partial charge in [-0.25, -0.2) is 0 Å². The normalized spacial score (nSPS) is 13.2. The molecule has 4 aromatic carbocycles. The third-order valence-electron chi connectivity index (χ3n) is 6.99. The van der Waals surface area contributed by atoms with Crippen LogP contribution in [0.1, 0.15) is 85.9 Å². The molecule has 2 aliphatic carbocycles. The molecule has 2 aliphatic rings. The van der Waals surface area contributed by atoms with Crippen LogP contribution in [0.5, 0.6) is 0 Å². The Morgan fingerprint density at radius 1 is 0.417 bits per heavy atom. The summed E-state index contributed by atoms with van der Waals surface area (Å²) >= 11 is 0. The van der Waals surface area contributed by atoms with E-state index in [0.717, 1.165) is 22.3 Å². The Morgan fingerprint density at radius 2 is 0.861 bits per heavy atom. The standard InChI is InChI=1S/C17H14O2.C15H10O2/c1-9-8-10(2)14-15(11(9)3)17(19)13-7-5-4-6-12(13)16(14)18;1-9-6-7-12-13(8-9)15(17)11-5-3-2-4-10(11)14(12)16/h4-8H,1-3H3;2-8H,1H3. The fourth-order valence-electron chi connectivity index (χ4n) is 5.03. The lowest BCUT2D eigenvalue weighted by Crippen LogP contribution is -2.23. The number of fused-ring (bicyclic) bond motifs is 4. The topological polar surface area (TPSA) is 68.3 Å². The molecule has 0 aliphatic heterocycles. The summed E-state index contributed by atoms with van der Waals surface area (Å²) in [4.78, 5) is 49.7. The van der Waals surface area contributed by atoms with E-state index in [1.165, 1.54) is 0 Å². The van der Waals surface area contributed by atoms with Crippen molar-refractivity contribution in [3.63, 3.8) is 0 Å². The second kappa shape index (κ2) is 8.65. The zero-order valence-corrected chi connectivity index (χ0v) is 20.6. The molecule has 6 rings (SSSR count). The molecule has 176 valence electrons. The van der Waals surface area contributed by atoms with E-state index in [9.17, 15) is 19.2 Å². The van der Waals surface area contributed by atoms with Crippen molar-refractivity contribution in [3.05, 3.63) is 140 Å². The molecule has 0 radical (unpaired) electrons. The first-order valence-corrected chi connectivity index (χ1v) is 11.8. The Bertz CT molecular complexity index is 1640. The number of aryl methyl sites for hydroxylation is 3. The monoisotopic (exact) mass is 472 g/mol. The van der Waals surface area contributed by atoms with Gasteiger partial charge in [0, 0.05) is 44.5 Å². The predicted molar refractivity (Wildman–Crippen MR) is 138 cm³/mol. The van der Waals surface area contributed by atoms with Crippen molar-refractivity contribution in [2.75, 3.05) is 0 Å². The average Bonchev–Trinajstić information content (AvgIpc) is 2.88. The summed E-state index contributed by atoms with van der Waals surface area (Å²) in [5.74, 6) is -0.186. The Labute approximate surface area is 209 Å². The lowest BCUT2D eigenvalue weighted by Gasteiger charge is -2.22. The Balaban J connectivity index is 0.000000149. The average molecular weight is 473 g/mol. The van der Waals surface area contributed by atoms with Gasteiger partial charge in [0.05, 0.1) is 0 Å². The second-order valence-electron chi connectivity index (χ2n) is 9.34. The molecular formula is C32H24O4. The lowest BCUT2D eigenvalue weighted by atomic mass is 9.79. The maximum atomic E-state index is 12.6. The van der Waals surface area contributed by atoms with Crippen LogP contribution in [0.4, 0.5) is 0 Å². The summed E-state index contributed by atoms with van der Waals surface area (Å²) in [6, 6.07) is 21.4. The van der Waals surface area contributed by atoms with Crippen molar-refractivity contribution in [3.8, 4) is 0 Å². The zero-order valence-electron chi connectivity index (χ0n) is 20.6. The first-order chi connectivity index (χ1) is 17.2. The summed E-state index contributed by atoms with van der Waals surface area (Å²) in [7, 11) is 0. The van der Waals surface area contributed by atoms with Gasteiger partial charge in [0.2, 0.25) is 0 Å². The molecule has 4 nitrogen and oxygen atoms in total. The fourth-order valence-corrected chi connectivity index (χ4v) is 5.03. The van der Waals surface area contributed by atoms with Crippen LogP contribution in [0.15, 0.2) is 72.8 Å². The van der Waals surface area contributed by atoms with E-state index in [1.807, 2.05) is 39.8 Å². The molecule has 0 amide bonds. The molecule has 0 saturated heterocycles. The summed E-state index contributed by atoms with van der Waals surface area (Å²) in [5, 5.41) is 0. The zero-order chi connectivity index (χ0) is 25.7. The molecule has 36 heavy (non-hydrogen) atoms. The molecule has 0 fully saturated rings. The van der Waals surface area contributed by atoms with Crippen molar-refractivity contribution < 1.29 is 19.2 Å². The van der Waals surface area contributed by atoms with Crippen molar-refractivity contribution in [1.82, 2.24) is 0 Å². The molecule has 0 spiro atoms. The van der Waals surface area contributed by atoms with Gasteiger partial charge in [-0.15, -0.1) is 0 Å². The van der Waals surface area contributed by atoms with E-state index in [2.05, 4.69) is 0 Å². The van der Waals surface area contributed by atoms with Gasteiger partial charge >= 0.3 is 0 Å². The number of hydrogen-bond donors (Lipinski definition) is 0. The highest BCUT2D eigenvalue weighted by Gasteiger charge is 2.32. The molecule has 0 bridgehead atoms. The molecule has 4 heteroatoms. The van der Waals surface area contributed by atoms with Crippen LogP contribution >= 0.6 is 0 Å². The van der Waals surface area contributed by atoms with E-state index in [0.29, 0.717) is 44.5 Å². The SMILES string of the molecule is Cc1cc(C)c2c(c1C)C(=O)c1ccccc1C2=O.Cc1ccc2c(c1)C(=O)c1ccccc1C2=O. The highest BCUT2D eigenvalue weighted by Crippen LogP contribution is 2.33. The van der Waals surface area contributed by atoms with E-state index in [1.54, 1.807) is 60.7 Å². The number of carbonyl (C=O) groups is 4. The number of hydrogen-bond acceptors (Lipinski definition) is 4. The first kappa shape index (κ1) is 23.3. The van der Waals surface area contributed by atoms with Crippen LogP contribution < -0.4 is 0 Å². The van der Waals surface area contributed by atoms with Gasteiger partial charge in [-0.2, -0.15) is 0 Å². The molecule has 0 N–H and O–H groups in total. The van der Waals surface area contributed by atoms with Crippen molar-refractivity contribution in [1.29, 1.82) is 0 Å². The third kappa shape index (κ3) is 3.54. The summed E-state index contributed by atoms with van der Waals surface area (Å²) in [5.41, 5.74) is 8.09. The quantitative estimate of drug-likeness (QED) is 0.266. The van der Waals surface area contributed by atoms with Crippen LogP contribution in [-0.4, -0.2) is 23.1 Å². The fraction of sp³-hybridized carbons (Fsp3) is 0.125. The predicted octanol–water partition coefficient (Wildman–Crippen LogP) is 6.16. The minimum absolute atomic E-state index is 0.0329. The molecule has 4 aromatic rings. The highest BCUT2D eigenvalue weighted by molar-refractivity contribution is 6.30. The van der Waals surface area contributed by atoms with Crippen molar-refractivity contribution >= 4 is 23.1 Å². The highest BCUT2D eigenvalue weighted by atomic mass is 16.1. The van der Waals surface area contributed by atoms with Gasteiger partial charge < -0.3 is 0 Å². The van der Waals surface area contributed by atoms with E-state index in [4.69, 9.17) is 0 Å². The summed E-state index contributed by atoms with van der Waals surface area (Å²) in [6.07, 6.45) is 0. The molecule has 0 aromatic heterocycles. The molecule has 0 heterocycles. The van der Waals surface area contributed by atoms with E-state index >= 15 is 0 Å². The minimum Gasteiger partial charge on any atom is -0.289 e. The Morgan fingerprint density at radius 3 is 1.42 bits per heavy atom. The minimum atomic E-state index is -0.0600. The van der Waals surface area contributed by atoms with Crippen molar-refractivity contribution in [2.24, 2.45) is 0 Å². The van der Waals surface area contributed by atoms with Crippen LogP contribution in [0, 0.1) is 27.7 Å². The van der Waals surface area contributed by atoms with Gasteiger partial charge in [-0.05, 0) is 50.5 Å². The molecular weight excluding hydrogens is 448 g/mol. The Kier molecular flexibility index (Phi) is 5.60. The van der Waals surface area contributed by atoms with Crippen LogP contribution in [0.3, 0.4) is 0 Å². The van der Waals surface area contributed by atoms with Gasteiger partial charge in [0.25, 0.3) is 0 Å². The van der Waals surface area contributed by atoms with Gasteiger partial charge in [0.15, 0.2) is 23.1 Å². The van der Waals surface area contributed by atoms with E-state index < -0.39 is 0 Å². The van der Waals surface area contributed by atoms with Crippen molar-refractivity contribution in [2.45, 2.75) is 27.7 Å². The first-order valence-electron chi connectivity index (χ1n) is 11.8. The van der Waals surface area contributed by atoms with Crippen LogP contribution in [-0.2, 0) is 0 Å². The lowest BCUT2D eigenvalue weighted by molar-refractivity contribution is 0.0978. The summed E-state index contributed by atoms with van der Waals surface area (Å²) < 4.78 is 0. The van der Waals surface area contributed by atoms with Gasteiger partial charge in [0.1, 0.15) is 0 Å². The molecule has 0 atom stereocenters. The molecule has 0 unspecified atom stereocenters. The van der Waals surface area contributed by atoms with E-state index in [-0.39, 0.29) is 23.1 Å². The number of benzene rings is 4. The number of carbonyl (C=O) groups excluding carboxylic acids is 4. The maximum Gasteiger partial charge on any atom is 0.194 e. The Hall–Kier alpha value is -4.44. The second-order valence-corrected chi connectivity index (χ2v) is 9.34.